The number of hydrogen-bond donors (Lipinski definition) is 2. The van der Waals surface area contributed by atoms with Crippen molar-refractivity contribution in [1.29, 1.82) is 0 Å². The number of carboxylic acids is 1. The number of nitrogens with one attached hydrogen (secondary N) is 1. The van der Waals surface area contributed by atoms with Gasteiger partial charge in [-0.3, -0.25) is 4.79 Å². The van der Waals surface area contributed by atoms with E-state index in [4.69, 9.17) is 0 Å². The molecule has 0 bridgehead atoms. The van der Waals surface area contributed by atoms with Crippen molar-refractivity contribution in [2.75, 3.05) is 13.1 Å². The summed E-state index contributed by atoms with van der Waals surface area (Å²) in [5.74, 6) is -0.840. The van der Waals surface area contributed by atoms with Crippen LogP contribution in [0.25, 0.3) is 0 Å². The second kappa shape index (κ2) is 5.69. The molecule has 0 aromatic carbocycles. The molecule has 2 rings (SSSR count). The molecule has 0 saturated carbocycles. The molecule has 2 saturated heterocycles. The van der Waals surface area contributed by atoms with Crippen molar-refractivity contribution in [2.45, 2.75) is 51.1 Å². The minimum absolute atomic E-state index is 0.0198. The first-order valence-corrected chi connectivity index (χ1v) is 6.88. The minimum atomic E-state index is -0.873. The number of nitrogens with zero attached hydrogens (tertiary/aromatic N) is 1. The number of aliphatic carboxylic acids is 1. The number of hydrogen-bond acceptors (Lipinski definition) is 3. The summed E-state index contributed by atoms with van der Waals surface area (Å²) in [5.41, 5.74) is 0. The molecule has 5 nitrogen and oxygen atoms in total. The fourth-order valence-corrected chi connectivity index (χ4v) is 3.01. The fourth-order valence-electron chi connectivity index (χ4n) is 3.01. The van der Waals surface area contributed by atoms with Gasteiger partial charge in [-0.2, -0.15) is 0 Å². The summed E-state index contributed by atoms with van der Waals surface area (Å²) in [6.07, 6.45) is 4.91. The van der Waals surface area contributed by atoms with Gasteiger partial charge in [-0.15, -0.1) is 0 Å². The predicted molar refractivity (Wildman–Crippen MR) is 67.2 cm³/mol. The Kier molecular flexibility index (Phi) is 4.22. The second-order valence-corrected chi connectivity index (χ2v) is 5.44. The molecule has 2 aliphatic heterocycles. The van der Waals surface area contributed by atoms with E-state index in [1.807, 2.05) is 6.92 Å². The zero-order valence-electron chi connectivity index (χ0n) is 10.9. The molecule has 0 aromatic rings. The lowest BCUT2D eigenvalue weighted by Gasteiger charge is -2.27. The molecule has 2 N–H and O–H groups in total. The van der Waals surface area contributed by atoms with Gasteiger partial charge in [0.25, 0.3) is 0 Å². The van der Waals surface area contributed by atoms with Gasteiger partial charge in [0, 0.05) is 6.54 Å². The van der Waals surface area contributed by atoms with E-state index in [9.17, 15) is 14.7 Å². The van der Waals surface area contributed by atoms with Crippen LogP contribution in [0, 0.1) is 5.92 Å². The third-order valence-electron chi connectivity index (χ3n) is 4.09. The minimum Gasteiger partial charge on any atom is -0.480 e. The van der Waals surface area contributed by atoms with E-state index in [0.717, 1.165) is 38.6 Å². The molecular weight excluding hydrogens is 232 g/mol. The van der Waals surface area contributed by atoms with Gasteiger partial charge in [0.2, 0.25) is 5.91 Å². The number of rotatable bonds is 2. The standard InChI is InChI=1S/C13H22N2O3/c1-9-6-8-15(11(9)13(17)18)12(16)10-5-3-2-4-7-14-10/h9-11,14H,2-8H2,1H3,(H,17,18). The smallest absolute Gasteiger partial charge is 0.326 e. The van der Waals surface area contributed by atoms with E-state index in [1.54, 1.807) is 4.90 Å². The van der Waals surface area contributed by atoms with E-state index < -0.39 is 12.0 Å². The van der Waals surface area contributed by atoms with E-state index >= 15 is 0 Å². The maximum atomic E-state index is 12.4. The SMILES string of the molecule is CC1CCN(C(=O)C2CCCCCN2)C1C(=O)O. The van der Waals surface area contributed by atoms with Crippen molar-refractivity contribution < 1.29 is 14.7 Å². The summed E-state index contributed by atoms with van der Waals surface area (Å²) in [4.78, 5) is 25.2. The highest BCUT2D eigenvalue weighted by atomic mass is 16.4. The number of carbonyl (C=O) groups is 2. The van der Waals surface area contributed by atoms with E-state index in [0.29, 0.717) is 6.54 Å². The maximum absolute atomic E-state index is 12.4. The van der Waals surface area contributed by atoms with Gasteiger partial charge in [-0.25, -0.2) is 4.79 Å². The Bertz CT molecular complexity index is 324. The Morgan fingerprint density at radius 3 is 2.72 bits per heavy atom. The molecule has 0 spiro atoms. The summed E-state index contributed by atoms with van der Waals surface area (Å²) in [6, 6.07) is -0.817. The van der Waals surface area contributed by atoms with Crippen LogP contribution in [-0.2, 0) is 9.59 Å². The van der Waals surface area contributed by atoms with Crippen LogP contribution in [0.2, 0.25) is 0 Å². The molecule has 2 fully saturated rings. The Morgan fingerprint density at radius 2 is 2.00 bits per heavy atom. The van der Waals surface area contributed by atoms with Crippen LogP contribution in [0.4, 0.5) is 0 Å². The van der Waals surface area contributed by atoms with Crippen molar-refractivity contribution in [1.82, 2.24) is 10.2 Å². The van der Waals surface area contributed by atoms with Crippen LogP contribution in [0.15, 0.2) is 0 Å². The zero-order valence-corrected chi connectivity index (χ0v) is 10.9. The molecule has 5 heteroatoms. The molecule has 3 atom stereocenters. The number of carboxylic acid groups (broad SMARTS) is 1. The third-order valence-corrected chi connectivity index (χ3v) is 4.09. The molecule has 0 aromatic heterocycles. The van der Waals surface area contributed by atoms with Crippen molar-refractivity contribution in [2.24, 2.45) is 5.92 Å². The molecule has 18 heavy (non-hydrogen) atoms. The van der Waals surface area contributed by atoms with Gasteiger partial charge in [-0.05, 0) is 31.7 Å². The van der Waals surface area contributed by atoms with Crippen LogP contribution < -0.4 is 5.32 Å². The number of likely N-dealkylation sites (tertiary alicyclic amines) is 1. The third kappa shape index (κ3) is 2.66. The van der Waals surface area contributed by atoms with Gasteiger partial charge in [0.05, 0.1) is 6.04 Å². The van der Waals surface area contributed by atoms with Gasteiger partial charge >= 0.3 is 5.97 Å². The molecule has 2 aliphatic rings. The molecule has 0 radical (unpaired) electrons. The quantitative estimate of drug-likeness (QED) is 0.766. The Hall–Kier alpha value is -1.10. The highest BCUT2D eigenvalue weighted by molar-refractivity contribution is 5.87. The summed E-state index contributed by atoms with van der Waals surface area (Å²) >= 11 is 0. The van der Waals surface area contributed by atoms with E-state index in [1.165, 1.54) is 0 Å². The van der Waals surface area contributed by atoms with Crippen molar-refractivity contribution in [3.05, 3.63) is 0 Å². The average molecular weight is 254 g/mol. The Labute approximate surface area is 108 Å². The largest absolute Gasteiger partial charge is 0.480 e. The van der Waals surface area contributed by atoms with Gasteiger partial charge in [0.1, 0.15) is 6.04 Å². The number of carbonyl (C=O) groups excluding carboxylic acids is 1. The summed E-state index contributed by atoms with van der Waals surface area (Å²) in [7, 11) is 0. The monoisotopic (exact) mass is 254 g/mol. The lowest BCUT2D eigenvalue weighted by molar-refractivity contribution is -0.150. The van der Waals surface area contributed by atoms with E-state index in [2.05, 4.69) is 5.32 Å². The zero-order chi connectivity index (χ0) is 13.1. The summed E-state index contributed by atoms with van der Waals surface area (Å²) in [6.45, 7) is 3.35. The first-order chi connectivity index (χ1) is 8.61. The van der Waals surface area contributed by atoms with Gasteiger partial charge in [0.15, 0.2) is 0 Å². The number of amides is 1. The fraction of sp³-hybridized carbons (Fsp3) is 0.846. The molecule has 102 valence electrons. The van der Waals surface area contributed by atoms with E-state index in [-0.39, 0.29) is 17.9 Å². The second-order valence-electron chi connectivity index (χ2n) is 5.44. The lowest BCUT2D eigenvalue weighted by atomic mass is 10.0. The molecule has 1 amide bonds. The topological polar surface area (TPSA) is 69.6 Å². The van der Waals surface area contributed by atoms with Crippen LogP contribution in [0.3, 0.4) is 0 Å². The summed E-state index contributed by atoms with van der Waals surface area (Å²) in [5, 5.41) is 12.5. The first kappa shape index (κ1) is 13.3. The van der Waals surface area contributed by atoms with Crippen LogP contribution in [0.1, 0.15) is 39.0 Å². The van der Waals surface area contributed by atoms with Crippen molar-refractivity contribution in [3.63, 3.8) is 0 Å². The average Bonchev–Trinajstić information content (AvgIpc) is 2.56. The van der Waals surface area contributed by atoms with Crippen molar-refractivity contribution >= 4 is 11.9 Å². The molecular formula is C13H22N2O3. The van der Waals surface area contributed by atoms with Gasteiger partial charge in [-0.1, -0.05) is 19.8 Å². The highest BCUT2D eigenvalue weighted by Gasteiger charge is 2.41. The lowest BCUT2D eigenvalue weighted by Crippen LogP contribution is -2.51. The first-order valence-electron chi connectivity index (χ1n) is 6.88. The van der Waals surface area contributed by atoms with Crippen molar-refractivity contribution in [3.8, 4) is 0 Å². The predicted octanol–water partition coefficient (Wildman–Crippen LogP) is 0.840. The van der Waals surface area contributed by atoms with Crippen LogP contribution in [-0.4, -0.2) is 47.1 Å². The summed E-state index contributed by atoms with van der Waals surface area (Å²) < 4.78 is 0. The maximum Gasteiger partial charge on any atom is 0.326 e. The highest BCUT2D eigenvalue weighted by Crippen LogP contribution is 2.25. The molecule has 3 unspecified atom stereocenters. The Morgan fingerprint density at radius 1 is 1.22 bits per heavy atom. The Balaban J connectivity index is 2.05. The van der Waals surface area contributed by atoms with Crippen LogP contribution in [0.5, 0.6) is 0 Å². The van der Waals surface area contributed by atoms with Gasteiger partial charge < -0.3 is 15.3 Å². The van der Waals surface area contributed by atoms with Crippen LogP contribution >= 0.6 is 0 Å². The normalized spacial score (nSPS) is 33.2. The molecule has 0 aliphatic carbocycles. The molecule has 2 heterocycles.